The molecule has 0 aromatic rings. The Balaban J connectivity index is 0. The minimum atomic E-state index is 0. The number of unbranched alkanes of at least 4 members (excludes halogenated alkanes) is 5. The van der Waals surface area contributed by atoms with Crippen LogP contribution in [0.3, 0.4) is 0 Å². The molecule has 1 radical (unpaired) electrons. The van der Waals surface area contributed by atoms with Crippen LogP contribution in [0.4, 0.5) is 0 Å². The minimum absolute atomic E-state index is 0. The molecule has 0 atom stereocenters. The Hall–Kier alpha value is 0.623. The summed E-state index contributed by atoms with van der Waals surface area (Å²) in [5, 5.41) is 0. The molecular formula is C8H17Ru. The number of hydrogen-bond donors (Lipinski definition) is 0. The molecule has 0 aliphatic heterocycles. The van der Waals surface area contributed by atoms with E-state index in [1.54, 1.807) is 0 Å². The summed E-state index contributed by atoms with van der Waals surface area (Å²) in [5.41, 5.74) is 0. The number of hydrogen-bond acceptors (Lipinski definition) is 0. The fraction of sp³-hybridized carbons (Fsp3) is 0.875. The van der Waals surface area contributed by atoms with Gasteiger partial charge >= 0.3 is 19.5 Å². The zero-order valence-corrected chi connectivity index (χ0v) is 8.04. The summed E-state index contributed by atoms with van der Waals surface area (Å²) in [7, 11) is 0. The van der Waals surface area contributed by atoms with Crippen LogP contribution in [0.1, 0.15) is 45.4 Å². The molecule has 1 heteroatoms. The Labute approximate surface area is 72.2 Å². The maximum atomic E-state index is 3.78. The van der Waals surface area contributed by atoms with Crippen molar-refractivity contribution in [3.8, 4) is 0 Å². The second-order valence-corrected chi connectivity index (χ2v) is 2.27. The summed E-state index contributed by atoms with van der Waals surface area (Å²) in [6, 6.07) is 0. The Morgan fingerprint density at radius 2 is 1.56 bits per heavy atom. The largest absolute Gasteiger partial charge is 1.00 e. The quantitative estimate of drug-likeness (QED) is 0.374. The fourth-order valence-electron chi connectivity index (χ4n) is 0.780. The molecule has 0 nitrogen and oxygen atoms in total. The van der Waals surface area contributed by atoms with Crippen LogP contribution in [0.2, 0.25) is 0 Å². The molecule has 0 saturated heterocycles. The summed E-state index contributed by atoms with van der Waals surface area (Å²) >= 11 is 0. The van der Waals surface area contributed by atoms with Gasteiger partial charge in [-0.1, -0.05) is 39.0 Å². The average Bonchev–Trinajstić information content (AvgIpc) is 1.81. The summed E-state index contributed by atoms with van der Waals surface area (Å²) in [5.74, 6) is 0. The summed E-state index contributed by atoms with van der Waals surface area (Å²) in [6.07, 6.45) is 7.98. The molecule has 0 spiro atoms. The predicted octanol–water partition coefficient (Wildman–Crippen LogP) is 3.18. The van der Waals surface area contributed by atoms with Gasteiger partial charge in [-0.25, -0.2) is 0 Å². The molecule has 0 bridgehead atoms. The van der Waals surface area contributed by atoms with Crippen LogP contribution in [-0.2, 0) is 19.5 Å². The Morgan fingerprint density at radius 1 is 1.00 bits per heavy atom. The van der Waals surface area contributed by atoms with Gasteiger partial charge < -0.3 is 6.92 Å². The predicted molar refractivity (Wildman–Crippen MR) is 38.7 cm³/mol. The van der Waals surface area contributed by atoms with Crippen molar-refractivity contribution in [2.45, 2.75) is 45.4 Å². The van der Waals surface area contributed by atoms with Gasteiger partial charge in [0.05, 0.1) is 0 Å². The molecule has 9 heavy (non-hydrogen) atoms. The van der Waals surface area contributed by atoms with E-state index >= 15 is 0 Å². The van der Waals surface area contributed by atoms with Crippen LogP contribution in [-0.4, -0.2) is 0 Å². The topological polar surface area (TPSA) is 0 Å². The van der Waals surface area contributed by atoms with Crippen molar-refractivity contribution in [2.75, 3.05) is 0 Å². The Bertz CT molecular complexity index is 29.5. The van der Waals surface area contributed by atoms with E-state index in [4.69, 9.17) is 0 Å². The molecule has 0 amide bonds. The van der Waals surface area contributed by atoms with Crippen molar-refractivity contribution in [3.63, 3.8) is 0 Å². The van der Waals surface area contributed by atoms with Gasteiger partial charge in [-0.2, -0.15) is 6.42 Å². The molecule has 0 aliphatic carbocycles. The first-order chi connectivity index (χ1) is 3.91. The van der Waals surface area contributed by atoms with E-state index in [-0.39, 0.29) is 19.5 Å². The van der Waals surface area contributed by atoms with Crippen molar-refractivity contribution in [2.24, 2.45) is 0 Å². The summed E-state index contributed by atoms with van der Waals surface area (Å²) in [4.78, 5) is 0. The molecular weight excluding hydrogens is 197 g/mol. The summed E-state index contributed by atoms with van der Waals surface area (Å²) in [6.45, 7) is 6.02. The van der Waals surface area contributed by atoms with Gasteiger partial charge in [0.25, 0.3) is 0 Å². The molecule has 0 N–H and O–H groups in total. The number of rotatable bonds is 5. The van der Waals surface area contributed by atoms with E-state index in [0.29, 0.717) is 0 Å². The maximum Gasteiger partial charge on any atom is 1.00 e. The first kappa shape index (κ1) is 12.3. The second-order valence-electron chi connectivity index (χ2n) is 2.27. The van der Waals surface area contributed by atoms with Crippen molar-refractivity contribution in [1.82, 2.24) is 0 Å². The maximum absolute atomic E-state index is 3.78. The standard InChI is InChI=1S/C8H17.Ru/c1-3-5-7-8-6-4-2;/h1,3-8H2,2H3;/q-1;+1. The fourth-order valence-corrected chi connectivity index (χ4v) is 0.780. The third kappa shape index (κ3) is 12.0. The third-order valence-electron chi connectivity index (χ3n) is 1.35. The molecule has 0 fully saturated rings. The monoisotopic (exact) mass is 215 g/mol. The zero-order chi connectivity index (χ0) is 6.24. The first-order valence-electron chi connectivity index (χ1n) is 3.71. The van der Waals surface area contributed by atoms with E-state index in [9.17, 15) is 0 Å². The van der Waals surface area contributed by atoms with Crippen molar-refractivity contribution < 1.29 is 19.5 Å². The van der Waals surface area contributed by atoms with Crippen LogP contribution in [0, 0.1) is 6.92 Å². The molecule has 57 valence electrons. The van der Waals surface area contributed by atoms with Gasteiger partial charge in [-0.3, -0.25) is 0 Å². The van der Waals surface area contributed by atoms with Crippen molar-refractivity contribution >= 4 is 0 Å². The molecule has 0 unspecified atom stereocenters. The van der Waals surface area contributed by atoms with Crippen LogP contribution >= 0.6 is 0 Å². The SMILES string of the molecule is [CH2-]CCCCCCC.[Ru+]. The van der Waals surface area contributed by atoms with Crippen LogP contribution in [0.25, 0.3) is 0 Å². The summed E-state index contributed by atoms with van der Waals surface area (Å²) < 4.78 is 0. The molecule has 0 aromatic heterocycles. The van der Waals surface area contributed by atoms with E-state index in [0.717, 1.165) is 6.42 Å². The molecule has 0 rings (SSSR count). The van der Waals surface area contributed by atoms with E-state index < -0.39 is 0 Å². The van der Waals surface area contributed by atoms with Gasteiger partial charge in [0, 0.05) is 0 Å². The minimum Gasteiger partial charge on any atom is -0.343 e. The van der Waals surface area contributed by atoms with Crippen LogP contribution in [0.5, 0.6) is 0 Å². The van der Waals surface area contributed by atoms with Gasteiger partial charge in [-0.05, 0) is 0 Å². The molecule has 0 saturated carbocycles. The molecule has 0 aromatic carbocycles. The van der Waals surface area contributed by atoms with E-state index in [1.807, 2.05) is 0 Å². The normalized spacial score (nSPS) is 8.67. The molecule has 0 aliphatic rings. The van der Waals surface area contributed by atoms with Gasteiger partial charge in [-0.15, -0.1) is 0 Å². The van der Waals surface area contributed by atoms with Gasteiger partial charge in [0.1, 0.15) is 0 Å². The van der Waals surface area contributed by atoms with Crippen LogP contribution < -0.4 is 0 Å². The Kier molecular flexibility index (Phi) is 15.6. The van der Waals surface area contributed by atoms with Crippen LogP contribution in [0.15, 0.2) is 0 Å². The Morgan fingerprint density at radius 3 is 2.00 bits per heavy atom. The van der Waals surface area contributed by atoms with E-state index in [2.05, 4.69) is 13.8 Å². The third-order valence-corrected chi connectivity index (χ3v) is 1.35. The van der Waals surface area contributed by atoms with Gasteiger partial charge in [0.2, 0.25) is 0 Å². The van der Waals surface area contributed by atoms with Crippen molar-refractivity contribution in [1.29, 1.82) is 0 Å². The second kappa shape index (κ2) is 11.4. The average molecular weight is 214 g/mol. The van der Waals surface area contributed by atoms with Crippen molar-refractivity contribution in [3.05, 3.63) is 6.92 Å². The van der Waals surface area contributed by atoms with Gasteiger partial charge in [0.15, 0.2) is 0 Å². The molecule has 0 heterocycles. The first-order valence-corrected chi connectivity index (χ1v) is 3.71. The van der Waals surface area contributed by atoms with E-state index in [1.165, 1.54) is 32.1 Å². The smallest absolute Gasteiger partial charge is 0.343 e. The zero-order valence-electron chi connectivity index (χ0n) is 6.30.